The Labute approximate surface area is 209 Å². The molecule has 1 aliphatic rings. The third-order valence-corrected chi connectivity index (χ3v) is 8.04. The molecular formula is C24H28N4O5S2. The molecule has 1 saturated heterocycles. The maximum atomic E-state index is 13.2. The van der Waals surface area contributed by atoms with E-state index in [2.05, 4.69) is 15.5 Å². The van der Waals surface area contributed by atoms with E-state index in [0.29, 0.717) is 41.0 Å². The molecule has 1 N–H and O–H groups in total. The molecule has 0 bridgehead atoms. The monoisotopic (exact) mass is 516 g/mol. The maximum absolute atomic E-state index is 13.2. The molecule has 0 saturated carbocycles. The summed E-state index contributed by atoms with van der Waals surface area (Å²) in [6.45, 7) is 4.43. The van der Waals surface area contributed by atoms with Gasteiger partial charge in [0.15, 0.2) is 0 Å². The summed E-state index contributed by atoms with van der Waals surface area (Å²) >= 11 is 1.37. The molecule has 35 heavy (non-hydrogen) atoms. The number of methoxy groups -OCH3 is 2. The third-order valence-electron chi connectivity index (χ3n) is 5.46. The summed E-state index contributed by atoms with van der Waals surface area (Å²) in [7, 11) is -0.459. The number of nitrogens with zero attached hydrogens (tertiary/aromatic N) is 3. The number of hydrogen-bond donors (Lipinski definition) is 1. The normalized spacial score (nSPS) is 19.1. The largest absolute Gasteiger partial charge is 0.497 e. The number of sulfonamides is 1. The van der Waals surface area contributed by atoms with Crippen LogP contribution in [-0.4, -0.2) is 63.4 Å². The first-order valence-electron chi connectivity index (χ1n) is 11.0. The quantitative estimate of drug-likeness (QED) is 0.356. The first-order chi connectivity index (χ1) is 16.8. The van der Waals surface area contributed by atoms with Crippen LogP contribution in [0.1, 0.15) is 19.4 Å². The molecular weight excluding hydrogens is 488 g/mol. The van der Waals surface area contributed by atoms with Crippen LogP contribution in [0.25, 0.3) is 11.3 Å². The van der Waals surface area contributed by atoms with E-state index in [9.17, 15) is 8.42 Å². The highest BCUT2D eigenvalue weighted by atomic mass is 32.2. The molecule has 0 amide bonds. The van der Waals surface area contributed by atoms with Gasteiger partial charge in [-0.15, -0.1) is 11.3 Å². The van der Waals surface area contributed by atoms with Crippen LogP contribution < -0.4 is 14.9 Å². The van der Waals surface area contributed by atoms with Crippen molar-refractivity contribution in [2.45, 2.75) is 31.0 Å². The summed E-state index contributed by atoms with van der Waals surface area (Å²) in [5.74, 6) is 1.33. The topological polar surface area (TPSA) is 102 Å². The van der Waals surface area contributed by atoms with Crippen molar-refractivity contribution < 1.29 is 22.6 Å². The number of aromatic nitrogens is 1. The predicted molar refractivity (Wildman–Crippen MR) is 137 cm³/mol. The molecule has 0 aliphatic carbocycles. The second-order valence-electron chi connectivity index (χ2n) is 8.12. The van der Waals surface area contributed by atoms with Crippen LogP contribution in [0.4, 0.5) is 5.13 Å². The molecule has 9 nitrogen and oxygen atoms in total. The van der Waals surface area contributed by atoms with Crippen LogP contribution in [-0.2, 0) is 14.8 Å². The second-order valence-corrected chi connectivity index (χ2v) is 10.9. The van der Waals surface area contributed by atoms with Crippen molar-refractivity contribution in [2.24, 2.45) is 5.10 Å². The lowest BCUT2D eigenvalue weighted by Crippen LogP contribution is -2.48. The minimum Gasteiger partial charge on any atom is -0.497 e. The van der Waals surface area contributed by atoms with Gasteiger partial charge in [-0.2, -0.15) is 9.41 Å². The molecule has 0 radical (unpaired) electrons. The number of morpholine rings is 1. The fraction of sp³-hybridized carbons (Fsp3) is 0.333. The van der Waals surface area contributed by atoms with Gasteiger partial charge in [0.1, 0.15) is 11.5 Å². The zero-order valence-corrected chi connectivity index (χ0v) is 21.6. The Hall–Kier alpha value is -2.99. The molecule has 2 atom stereocenters. The van der Waals surface area contributed by atoms with Crippen LogP contribution in [0.5, 0.6) is 11.5 Å². The van der Waals surface area contributed by atoms with Crippen molar-refractivity contribution in [2.75, 3.05) is 32.7 Å². The smallest absolute Gasteiger partial charge is 0.243 e. The fourth-order valence-electron chi connectivity index (χ4n) is 3.83. The van der Waals surface area contributed by atoms with Crippen molar-refractivity contribution in [3.63, 3.8) is 0 Å². The zero-order valence-electron chi connectivity index (χ0n) is 20.0. The number of rotatable bonds is 8. The van der Waals surface area contributed by atoms with Crippen LogP contribution in [0.15, 0.2) is 57.8 Å². The number of hydrogen-bond acceptors (Lipinski definition) is 9. The van der Waals surface area contributed by atoms with E-state index < -0.39 is 10.0 Å². The Kier molecular flexibility index (Phi) is 7.70. The average molecular weight is 517 g/mol. The number of hydrazone groups is 1. The SMILES string of the molecule is COc1ccc(/C=N/Nc2nc(-c3cccc(S(=O)(=O)N4C[C@H](C)O[C@@H](C)C4)c3)cs2)c(OC)c1. The van der Waals surface area contributed by atoms with Gasteiger partial charge in [-0.1, -0.05) is 12.1 Å². The second kappa shape index (κ2) is 10.7. The van der Waals surface area contributed by atoms with Crippen LogP contribution in [0, 0.1) is 0 Å². The molecule has 186 valence electrons. The summed E-state index contributed by atoms with van der Waals surface area (Å²) in [6, 6.07) is 12.3. The number of anilines is 1. The standard InChI is InChI=1S/C24H28N4O5S2/c1-16-13-28(14-17(2)33-16)35(29,30)21-7-5-6-18(10-21)22-15-34-24(26-22)27-25-12-19-8-9-20(31-3)11-23(19)32-4/h5-12,15-17H,13-14H2,1-4H3,(H,26,27)/b25-12+/t16-,17-/m0/s1. The number of thiazole rings is 1. The van der Waals surface area contributed by atoms with Crippen LogP contribution in [0.3, 0.4) is 0 Å². The molecule has 4 rings (SSSR count). The van der Waals surface area contributed by atoms with E-state index in [1.165, 1.54) is 15.6 Å². The first kappa shape index (κ1) is 25.1. The Morgan fingerprint density at radius 2 is 1.91 bits per heavy atom. The number of nitrogens with one attached hydrogen (secondary N) is 1. The molecule has 0 spiro atoms. The highest BCUT2D eigenvalue weighted by molar-refractivity contribution is 7.89. The minimum absolute atomic E-state index is 0.151. The van der Waals surface area contributed by atoms with Gasteiger partial charge in [0.05, 0.1) is 43.2 Å². The van der Waals surface area contributed by atoms with Gasteiger partial charge in [0, 0.05) is 35.7 Å². The molecule has 11 heteroatoms. The summed E-state index contributed by atoms with van der Waals surface area (Å²) in [5, 5.41) is 6.69. The van der Waals surface area contributed by atoms with Gasteiger partial charge >= 0.3 is 0 Å². The van der Waals surface area contributed by atoms with Crippen LogP contribution in [0.2, 0.25) is 0 Å². The van der Waals surface area contributed by atoms with Crippen molar-refractivity contribution in [1.82, 2.24) is 9.29 Å². The van der Waals surface area contributed by atoms with Crippen molar-refractivity contribution in [3.8, 4) is 22.8 Å². The fourth-order valence-corrected chi connectivity index (χ4v) is 6.14. The third kappa shape index (κ3) is 5.81. The molecule has 1 aromatic heterocycles. The van der Waals surface area contributed by atoms with Crippen LogP contribution >= 0.6 is 11.3 Å². The zero-order chi connectivity index (χ0) is 25.0. The predicted octanol–water partition coefficient (Wildman–Crippen LogP) is 4.07. The summed E-state index contributed by atoms with van der Waals surface area (Å²) in [4.78, 5) is 4.79. The van der Waals surface area contributed by atoms with Crippen molar-refractivity contribution in [1.29, 1.82) is 0 Å². The molecule has 1 fully saturated rings. The number of benzene rings is 2. The Bertz CT molecular complexity index is 1300. The minimum atomic E-state index is -3.64. The number of ether oxygens (including phenoxy) is 3. The van der Waals surface area contributed by atoms with E-state index in [1.54, 1.807) is 44.7 Å². The molecule has 3 aromatic rings. The summed E-state index contributed by atoms with van der Waals surface area (Å²) < 4.78 is 44.2. The highest BCUT2D eigenvalue weighted by Gasteiger charge is 2.32. The molecule has 1 aliphatic heterocycles. The molecule has 2 aromatic carbocycles. The highest BCUT2D eigenvalue weighted by Crippen LogP contribution is 2.29. The molecule has 2 heterocycles. The van der Waals surface area contributed by atoms with Crippen molar-refractivity contribution >= 4 is 32.7 Å². The van der Waals surface area contributed by atoms with Gasteiger partial charge < -0.3 is 14.2 Å². The Morgan fingerprint density at radius 3 is 2.63 bits per heavy atom. The Balaban J connectivity index is 1.48. The van der Waals surface area contributed by atoms with E-state index in [0.717, 1.165) is 5.56 Å². The lowest BCUT2D eigenvalue weighted by molar-refractivity contribution is -0.0440. The lowest BCUT2D eigenvalue weighted by atomic mass is 10.2. The van der Waals surface area contributed by atoms with Gasteiger partial charge in [0.25, 0.3) is 0 Å². The maximum Gasteiger partial charge on any atom is 0.243 e. The van der Waals surface area contributed by atoms with E-state index >= 15 is 0 Å². The Morgan fingerprint density at radius 1 is 1.14 bits per heavy atom. The first-order valence-corrected chi connectivity index (χ1v) is 13.3. The lowest BCUT2D eigenvalue weighted by Gasteiger charge is -2.34. The van der Waals surface area contributed by atoms with Gasteiger partial charge in [-0.3, -0.25) is 5.43 Å². The summed E-state index contributed by atoms with van der Waals surface area (Å²) in [6.07, 6.45) is 1.33. The van der Waals surface area contributed by atoms with E-state index in [1.807, 2.05) is 37.4 Å². The van der Waals surface area contributed by atoms with E-state index in [4.69, 9.17) is 14.2 Å². The molecule has 0 unspecified atom stereocenters. The van der Waals surface area contributed by atoms with Crippen molar-refractivity contribution in [3.05, 3.63) is 53.4 Å². The average Bonchev–Trinajstić information content (AvgIpc) is 3.32. The summed E-state index contributed by atoms with van der Waals surface area (Å²) in [5.41, 5.74) is 5.07. The van der Waals surface area contributed by atoms with E-state index in [-0.39, 0.29) is 17.1 Å². The van der Waals surface area contributed by atoms with Gasteiger partial charge in [-0.25, -0.2) is 13.4 Å². The van der Waals surface area contributed by atoms with Gasteiger partial charge in [0.2, 0.25) is 15.2 Å². The van der Waals surface area contributed by atoms with Gasteiger partial charge in [-0.05, 0) is 38.1 Å².